The molecule has 6 nitrogen and oxygen atoms in total. The first kappa shape index (κ1) is 76.6. The van der Waals surface area contributed by atoms with Crippen molar-refractivity contribution >= 4 is 17.9 Å². The molecule has 0 aromatic rings. The van der Waals surface area contributed by atoms with E-state index in [2.05, 4.69) is 99.8 Å². The third-order valence-corrected chi connectivity index (χ3v) is 15.1. The summed E-state index contributed by atoms with van der Waals surface area (Å²) in [6, 6.07) is 0. The fraction of sp³-hybridized carbons (Fsp3) is 0.770. The van der Waals surface area contributed by atoms with Gasteiger partial charge in [-0.25, -0.2) is 0 Å². The molecule has 0 fully saturated rings. The molecule has 0 aliphatic carbocycles. The van der Waals surface area contributed by atoms with Gasteiger partial charge < -0.3 is 14.2 Å². The summed E-state index contributed by atoms with van der Waals surface area (Å²) in [6.07, 6.45) is 90.5. The molecule has 0 aromatic carbocycles. The molecule has 0 bridgehead atoms. The molecule has 462 valence electrons. The number of carbonyl (C=O) groups excluding carboxylic acids is 3. The summed E-state index contributed by atoms with van der Waals surface area (Å²) in [4.78, 5) is 38.4. The van der Waals surface area contributed by atoms with E-state index in [9.17, 15) is 14.4 Å². The van der Waals surface area contributed by atoms with Crippen LogP contribution in [-0.4, -0.2) is 37.2 Å². The van der Waals surface area contributed by atoms with E-state index in [1.54, 1.807) is 0 Å². The Kier molecular flexibility index (Phi) is 65.2. The number of esters is 3. The zero-order chi connectivity index (χ0) is 57.8. The van der Waals surface area contributed by atoms with Gasteiger partial charge in [0.2, 0.25) is 0 Å². The quantitative estimate of drug-likeness (QED) is 0.0261. The molecule has 1 unspecified atom stereocenters. The van der Waals surface area contributed by atoms with Gasteiger partial charge in [-0.15, -0.1) is 0 Å². The maximum Gasteiger partial charge on any atom is 0.306 e. The second-order valence-corrected chi connectivity index (χ2v) is 23.1. The largest absolute Gasteiger partial charge is 0.462 e. The Morgan fingerprint density at radius 3 is 0.812 bits per heavy atom. The van der Waals surface area contributed by atoms with Crippen LogP contribution >= 0.6 is 0 Å². The smallest absolute Gasteiger partial charge is 0.306 e. The molecule has 0 saturated heterocycles. The Bertz CT molecular complexity index is 1520. The van der Waals surface area contributed by atoms with Crippen LogP contribution in [0.3, 0.4) is 0 Å². The highest BCUT2D eigenvalue weighted by Crippen LogP contribution is 2.18. The topological polar surface area (TPSA) is 78.9 Å². The Balaban J connectivity index is 4.39. The fourth-order valence-corrected chi connectivity index (χ4v) is 10.00. The number of allylic oxidation sites excluding steroid dienone is 14. The second-order valence-electron chi connectivity index (χ2n) is 23.1. The summed E-state index contributed by atoms with van der Waals surface area (Å²) < 4.78 is 16.9. The van der Waals surface area contributed by atoms with Crippen LogP contribution < -0.4 is 0 Å². The minimum absolute atomic E-state index is 0.105. The van der Waals surface area contributed by atoms with Crippen LogP contribution in [0.4, 0.5) is 0 Å². The third-order valence-electron chi connectivity index (χ3n) is 15.1. The average molecular weight is 1120 g/mol. The summed E-state index contributed by atoms with van der Waals surface area (Å²) in [7, 11) is 0. The monoisotopic (exact) mass is 1110 g/mol. The van der Waals surface area contributed by atoms with Crippen molar-refractivity contribution in [2.45, 2.75) is 354 Å². The lowest BCUT2D eigenvalue weighted by Gasteiger charge is -2.18. The van der Waals surface area contributed by atoms with Gasteiger partial charge in [0.05, 0.1) is 0 Å². The highest BCUT2D eigenvalue weighted by Gasteiger charge is 2.19. The van der Waals surface area contributed by atoms with Gasteiger partial charge in [-0.2, -0.15) is 0 Å². The third kappa shape index (κ3) is 65.4. The maximum atomic E-state index is 12.9. The lowest BCUT2D eigenvalue weighted by Crippen LogP contribution is -2.30. The standard InChI is InChI=1S/C74H130O6/c1-4-7-10-13-16-19-22-25-28-31-34-35-36-37-38-39-41-43-46-49-52-55-58-61-64-67-73(76)79-70-71(69-78-72(75)66-63-60-57-54-51-48-45-42-33-30-27-24-21-18-15-12-9-6-3)80-74(77)68-65-62-59-56-53-50-47-44-40-32-29-26-23-20-17-14-11-8-5-2/h8,11,17,20,26,29-30,33,40,44,50,53,59,62,71H,4-7,9-10,12-16,18-19,21-25,27-28,31-32,34-39,41-43,45-49,51-52,54-58,60-61,63-70H2,1-3H3/b11-8-,20-17-,29-26-,33-30-,44-40-,53-50-,62-59-. The highest BCUT2D eigenvalue weighted by molar-refractivity contribution is 5.71. The summed E-state index contributed by atoms with van der Waals surface area (Å²) in [6.45, 7) is 6.51. The van der Waals surface area contributed by atoms with Crippen LogP contribution in [0.1, 0.15) is 348 Å². The molecule has 80 heavy (non-hydrogen) atoms. The van der Waals surface area contributed by atoms with Gasteiger partial charge in [0, 0.05) is 19.3 Å². The molecule has 0 N–H and O–H groups in total. The van der Waals surface area contributed by atoms with Gasteiger partial charge in [0.1, 0.15) is 13.2 Å². The maximum absolute atomic E-state index is 12.9. The minimum Gasteiger partial charge on any atom is -0.462 e. The number of rotatable bonds is 63. The summed E-state index contributed by atoms with van der Waals surface area (Å²) >= 11 is 0. The van der Waals surface area contributed by atoms with Crippen molar-refractivity contribution in [2.24, 2.45) is 0 Å². The molecule has 0 spiro atoms. The summed E-state index contributed by atoms with van der Waals surface area (Å²) in [5.41, 5.74) is 0. The number of hydrogen-bond acceptors (Lipinski definition) is 6. The Morgan fingerprint density at radius 2 is 0.512 bits per heavy atom. The van der Waals surface area contributed by atoms with Crippen molar-refractivity contribution in [3.63, 3.8) is 0 Å². The number of hydrogen-bond donors (Lipinski definition) is 0. The molecule has 0 radical (unpaired) electrons. The zero-order valence-corrected chi connectivity index (χ0v) is 53.1. The van der Waals surface area contributed by atoms with Crippen LogP contribution in [0.25, 0.3) is 0 Å². The second kappa shape index (κ2) is 68.1. The molecule has 1 atom stereocenters. The molecule has 0 rings (SSSR count). The highest BCUT2D eigenvalue weighted by atomic mass is 16.6. The van der Waals surface area contributed by atoms with E-state index >= 15 is 0 Å². The Hall–Kier alpha value is -3.41. The van der Waals surface area contributed by atoms with Gasteiger partial charge in [-0.1, -0.05) is 331 Å². The van der Waals surface area contributed by atoms with E-state index in [0.717, 1.165) is 77.0 Å². The molecule has 6 heteroatoms. The van der Waals surface area contributed by atoms with E-state index in [1.807, 2.05) is 6.08 Å². The van der Waals surface area contributed by atoms with Crippen LogP contribution in [0, 0.1) is 0 Å². The predicted molar refractivity (Wildman–Crippen MR) is 348 cm³/mol. The van der Waals surface area contributed by atoms with Crippen molar-refractivity contribution in [3.05, 3.63) is 85.1 Å². The van der Waals surface area contributed by atoms with Gasteiger partial charge in [0.15, 0.2) is 6.10 Å². The van der Waals surface area contributed by atoms with Crippen molar-refractivity contribution in [1.82, 2.24) is 0 Å². The first-order valence-corrected chi connectivity index (χ1v) is 34.6. The van der Waals surface area contributed by atoms with Crippen LogP contribution in [-0.2, 0) is 28.6 Å². The summed E-state index contributed by atoms with van der Waals surface area (Å²) in [5, 5.41) is 0. The molecule has 0 aliphatic heterocycles. The van der Waals surface area contributed by atoms with Gasteiger partial charge in [-0.3, -0.25) is 14.4 Å². The summed E-state index contributed by atoms with van der Waals surface area (Å²) in [5.74, 6) is -0.977. The van der Waals surface area contributed by atoms with Crippen molar-refractivity contribution in [1.29, 1.82) is 0 Å². The van der Waals surface area contributed by atoms with Crippen molar-refractivity contribution in [2.75, 3.05) is 13.2 Å². The van der Waals surface area contributed by atoms with Gasteiger partial charge >= 0.3 is 17.9 Å². The average Bonchev–Trinajstić information content (AvgIpc) is 3.46. The Morgan fingerprint density at radius 1 is 0.263 bits per heavy atom. The van der Waals surface area contributed by atoms with Crippen molar-refractivity contribution < 1.29 is 28.6 Å². The van der Waals surface area contributed by atoms with E-state index in [-0.39, 0.29) is 37.5 Å². The fourth-order valence-electron chi connectivity index (χ4n) is 10.00. The zero-order valence-electron chi connectivity index (χ0n) is 53.1. The van der Waals surface area contributed by atoms with Crippen molar-refractivity contribution in [3.8, 4) is 0 Å². The lowest BCUT2D eigenvalue weighted by atomic mass is 10.0. The SMILES string of the molecule is CC/C=C\C/C=C\C/C=C\C/C=C\C/C=C\C/C=C\CCC(=O)OC(COC(=O)CCCCCCCCC/C=C\CCCCCCCCC)COC(=O)CCCCCCCCCCCCCCCCCCCCCCCCCCC. The minimum atomic E-state index is -0.820. The molecule has 0 amide bonds. The van der Waals surface area contributed by atoms with E-state index in [0.29, 0.717) is 19.3 Å². The normalized spacial score (nSPS) is 12.6. The van der Waals surface area contributed by atoms with E-state index in [4.69, 9.17) is 14.2 Å². The first-order valence-electron chi connectivity index (χ1n) is 34.6. The van der Waals surface area contributed by atoms with Crippen LogP contribution in [0.2, 0.25) is 0 Å². The van der Waals surface area contributed by atoms with Crippen LogP contribution in [0.5, 0.6) is 0 Å². The number of ether oxygens (including phenoxy) is 3. The molecule has 0 aliphatic rings. The van der Waals surface area contributed by atoms with Gasteiger partial charge in [-0.05, 0) is 83.5 Å². The molecule has 0 saturated carbocycles. The first-order chi connectivity index (χ1) is 39.5. The Labute approximate surface area is 496 Å². The molecule has 0 heterocycles. The van der Waals surface area contributed by atoms with E-state index in [1.165, 1.54) is 225 Å². The number of carbonyl (C=O) groups is 3. The molecule has 0 aromatic heterocycles. The molecular formula is C74H130O6. The lowest BCUT2D eigenvalue weighted by molar-refractivity contribution is -0.166. The predicted octanol–water partition coefficient (Wildman–Crippen LogP) is 23.8. The van der Waals surface area contributed by atoms with Crippen LogP contribution in [0.15, 0.2) is 85.1 Å². The molecular weight excluding hydrogens is 985 g/mol. The van der Waals surface area contributed by atoms with Gasteiger partial charge in [0.25, 0.3) is 0 Å². The van der Waals surface area contributed by atoms with E-state index < -0.39 is 6.10 Å². The number of unbranched alkanes of at least 4 members (excludes halogenated alkanes) is 38.